The van der Waals surface area contributed by atoms with E-state index in [1.165, 1.54) is 0 Å². The summed E-state index contributed by atoms with van der Waals surface area (Å²) in [5, 5.41) is 19.7. The average Bonchev–Trinajstić information content (AvgIpc) is 2.33. The van der Waals surface area contributed by atoms with Crippen molar-refractivity contribution in [1.82, 2.24) is 0 Å². The lowest BCUT2D eigenvalue weighted by Gasteiger charge is -2.24. The number of alkyl halides is 2. The van der Waals surface area contributed by atoms with Crippen molar-refractivity contribution in [3.8, 4) is 0 Å². The molecule has 10 heteroatoms. The molecule has 0 amide bonds. The second kappa shape index (κ2) is 9.73. The van der Waals surface area contributed by atoms with Gasteiger partial charge in [0.15, 0.2) is 0 Å². The highest BCUT2D eigenvalue weighted by molar-refractivity contribution is 9.10. The van der Waals surface area contributed by atoms with Gasteiger partial charge in [0.2, 0.25) is 0 Å². The Morgan fingerprint density at radius 2 is 1.18 bits per heavy atom. The summed E-state index contributed by atoms with van der Waals surface area (Å²) in [6.07, 6.45) is 0. The Hall–Kier alpha value is 0.520. The van der Waals surface area contributed by atoms with Crippen LogP contribution < -0.4 is 0 Å². The van der Waals surface area contributed by atoms with Gasteiger partial charge >= 0.3 is 11.9 Å². The van der Waals surface area contributed by atoms with E-state index in [2.05, 4.69) is 31.9 Å². The molecule has 0 heterocycles. The van der Waals surface area contributed by atoms with Crippen LogP contribution in [0.25, 0.3) is 0 Å². The summed E-state index contributed by atoms with van der Waals surface area (Å²) < 4.78 is 6.16. The van der Waals surface area contributed by atoms with E-state index in [9.17, 15) is 19.8 Å². The number of hydrogen-bond acceptors (Lipinski definition) is 8. The van der Waals surface area contributed by atoms with Crippen molar-refractivity contribution in [2.75, 3.05) is 11.5 Å². The van der Waals surface area contributed by atoms with Crippen LogP contribution in [-0.2, 0) is 19.1 Å². The van der Waals surface area contributed by atoms with Crippen LogP contribution >= 0.6 is 53.4 Å². The third-order valence-corrected chi connectivity index (χ3v) is 6.03. The van der Waals surface area contributed by atoms with Crippen LogP contribution in [0.3, 0.4) is 0 Å². The van der Waals surface area contributed by atoms with E-state index < -0.39 is 21.3 Å². The lowest BCUT2D eigenvalue weighted by atomic mass is 10.2. The highest BCUT2D eigenvalue weighted by atomic mass is 79.9. The molecule has 0 aliphatic rings. The van der Waals surface area contributed by atoms with Crippen LogP contribution in [0.2, 0.25) is 0 Å². The molecular formula is C12H20Br2O6S2. The monoisotopic (exact) mass is 482 g/mol. The minimum Gasteiger partial charge on any atom is -0.422 e. The molecule has 22 heavy (non-hydrogen) atoms. The number of halogens is 2. The molecule has 0 aliphatic heterocycles. The van der Waals surface area contributed by atoms with Crippen molar-refractivity contribution >= 4 is 65.4 Å². The highest BCUT2D eigenvalue weighted by Gasteiger charge is 2.32. The molecule has 0 saturated carbocycles. The lowest BCUT2D eigenvalue weighted by Crippen LogP contribution is -2.33. The van der Waals surface area contributed by atoms with Gasteiger partial charge < -0.3 is 19.7 Å². The van der Waals surface area contributed by atoms with Gasteiger partial charge in [-0.25, -0.2) is 0 Å². The summed E-state index contributed by atoms with van der Waals surface area (Å²) in [5.41, 5.74) is 0. The summed E-state index contributed by atoms with van der Waals surface area (Å²) >= 11 is 5.82. The summed E-state index contributed by atoms with van der Waals surface area (Å²) in [5.74, 6) is -1.73. The third-order valence-electron chi connectivity index (χ3n) is 2.01. The molecule has 0 aromatic heterocycles. The van der Waals surface area contributed by atoms with Crippen LogP contribution in [0.15, 0.2) is 0 Å². The Kier molecular flexibility index (Phi) is 9.96. The molecule has 0 radical (unpaired) electrons. The Labute approximate surface area is 154 Å². The van der Waals surface area contributed by atoms with Crippen LogP contribution in [0.5, 0.6) is 0 Å². The maximum absolute atomic E-state index is 11.4. The average molecular weight is 484 g/mol. The number of carbonyl (C=O) groups excluding carboxylic acids is 2. The first-order valence-corrected chi connectivity index (χ1v) is 10.5. The van der Waals surface area contributed by atoms with Crippen LogP contribution in [0, 0.1) is 11.8 Å². The molecule has 6 nitrogen and oxygen atoms in total. The van der Waals surface area contributed by atoms with Gasteiger partial charge in [0, 0.05) is 0 Å². The molecule has 0 rings (SSSR count). The molecule has 0 aromatic rings. The zero-order valence-electron chi connectivity index (χ0n) is 12.7. The molecule has 0 saturated heterocycles. The van der Waals surface area contributed by atoms with Gasteiger partial charge in [-0.05, 0) is 31.9 Å². The zero-order valence-corrected chi connectivity index (χ0v) is 17.5. The van der Waals surface area contributed by atoms with E-state index in [-0.39, 0.29) is 23.3 Å². The van der Waals surface area contributed by atoms with Crippen LogP contribution in [0.4, 0.5) is 0 Å². The molecule has 2 unspecified atom stereocenters. The molecule has 0 spiro atoms. The normalized spacial score (nSPS) is 17.0. The minimum atomic E-state index is -1.79. The molecule has 2 N–H and O–H groups in total. The maximum Gasteiger partial charge on any atom is 0.311 e. The van der Waals surface area contributed by atoms with Crippen LogP contribution in [-0.4, -0.2) is 43.1 Å². The molecular weight excluding hydrogens is 464 g/mol. The summed E-state index contributed by atoms with van der Waals surface area (Å²) in [4.78, 5) is 22.8. The first-order chi connectivity index (χ1) is 9.86. The zero-order chi connectivity index (χ0) is 17.6. The quantitative estimate of drug-likeness (QED) is 0.170. The summed E-state index contributed by atoms with van der Waals surface area (Å²) in [7, 11) is 2.28. The molecule has 0 fully saturated rings. The maximum atomic E-state index is 11.4. The topological polar surface area (TPSA) is 93.1 Å². The number of esters is 2. The van der Waals surface area contributed by atoms with Gasteiger partial charge in [-0.15, -0.1) is 0 Å². The molecule has 0 bridgehead atoms. The molecule has 2 atom stereocenters. The van der Waals surface area contributed by atoms with Gasteiger partial charge in [-0.1, -0.05) is 49.3 Å². The van der Waals surface area contributed by atoms with Crippen molar-refractivity contribution in [3.63, 3.8) is 0 Å². The Balaban J connectivity index is 4.14. The molecule has 0 aromatic carbocycles. The standard InChI is InChI=1S/C12H20Br2O6S2/c1-7(2)9(15)19-11(13,17)5-21-22-6-12(14,18)20-10(16)8(3)4/h7-8,17-18H,5-6H2,1-4H3. The largest absolute Gasteiger partial charge is 0.422 e. The van der Waals surface area contributed by atoms with Gasteiger partial charge in [-0.2, -0.15) is 0 Å². The second-order valence-corrected chi connectivity index (χ2v) is 10.00. The van der Waals surface area contributed by atoms with Gasteiger partial charge in [-0.3, -0.25) is 9.59 Å². The Bertz CT molecular complexity index is 352. The van der Waals surface area contributed by atoms with Crippen LogP contribution in [0.1, 0.15) is 27.7 Å². The van der Waals surface area contributed by atoms with E-state index in [1.54, 1.807) is 27.7 Å². The SMILES string of the molecule is CC(C)C(=O)OC(O)(Br)CSSCC(O)(Br)OC(=O)C(C)C. The fourth-order valence-corrected chi connectivity index (χ4v) is 4.78. The first-order valence-electron chi connectivity index (χ1n) is 6.39. The van der Waals surface area contributed by atoms with E-state index in [1.807, 2.05) is 0 Å². The minimum absolute atomic E-state index is 0.0251. The van der Waals surface area contributed by atoms with Crippen molar-refractivity contribution < 1.29 is 29.3 Å². The number of carbonyl (C=O) groups is 2. The highest BCUT2D eigenvalue weighted by Crippen LogP contribution is 2.34. The molecule has 0 aliphatic carbocycles. The fraction of sp³-hybridized carbons (Fsp3) is 0.833. The number of rotatable bonds is 9. The third kappa shape index (κ3) is 10.3. The lowest BCUT2D eigenvalue weighted by molar-refractivity contribution is -0.175. The van der Waals surface area contributed by atoms with E-state index >= 15 is 0 Å². The predicted octanol–water partition coefficient (Wildman–Crippen LogP) is 2.85. The van der Waals surface area contributed by atoms with Gasteiger partial charge in [0.05, 0.1) is 23.3 Å². The number of aliphatic hydroxyl groups is 2. The number of ether oxygens (including phenoxy) is 2. The summed E-state index contributed by atoms with van der Waals surface area (Å²) in [6.45, 7) is 6.62. The van der Waals surface area contributed by atoms with Crippen molar-refractivity contribution in [2.45, 2.75) is 37.1 Å². The van der Waals surface area contributed by atoms with Crippen molar-refractivity contribution in [2.24, 2.45) is 11.8 Å². The first kappa shape index (κ1) is 22.5. The smallest absolute Gasteiger partial charge is 0.311 e. The predicted molar refractivity (Wildman–Crippen MR) is 94.5 cm³/mol. The van der Waals surface area contributed by atoms with E-state index in [0.717, 1.165) is 21.6 Å². The fourth-order valence-electron chi connectivity index (χ4n) is 0.832. The van der Waals surface area contributed by atoms with Crippen molar-refractivity contribution in [3.05, 3.63) is 0 Å². The second-order valence-electron chi connectivity index (χ2n) is 5.05. The molecule has 130 valence electrons. The van der Waals surface area contributed by atoms with E-state index in [4.69, 9.17) is 9.47 Å². The van der Waals surface area contributed by atoms with Gasteiger partial charge in [0.1, 0.15) is 0 Å². The van der Waals surface area contributed by atoms with Crippen molar-refractivity contribution in [1.29, 1.82) is 0 Å². The van der Waals surface area contributed by atoms with Gasteiger partial charge in [0.25, 0.3) is 9.39 Å². The Morgan fingerprint density at radius 1 is 0.909 bits per heavy atom. The Morgan fingerprint density at radius 3 is 1.41 bits per heavy atom. The van der Waals surface area contributed by atoms with E-state index in [0.29, 0.717) is 0 Å². The summed E-state index contributed by atoms with van der Waals surface area (Å²) in [6, 6.07) is 0. The number of hydrogen-bond donors (Lipinski definition) is 2.